The second-order valence-corrected chi connectivity index (χ2v) is 4.34. The summed E-state index contributed by atoms with van der Waals surface area (Å²) in [5, 5.41) is 2.27. The van der Waals surface area contributed by atoms with Gasteiger partial charge in [-0.1, -0.05) is 28.1 Å². The van der Waals surface area contributed by atoms with Crippen LogP contribution in [0.2, 0.25) is 0 Å². The van der Waals surface area contributed by atoms with Crippen LogP contribution in [0.3, 0.4) is 0 Å². The van der Waals surface area contributed by atoms with Crippen molar-refractivity contribution in [3.8, 4) is 0 Å². The molecule has 0 aliphatic carbocycles. The number of benzene rings is 1. The van der Waals surface area contributed by atoms with Crippen molar-refractivity contribution < 1.29 is 9.63 Å². The molecule has 0 atom stereocenters. The van der Waals surface area contributed by atoms with E-state index >= 15 is 0 Å². The zero-order valence-corrected chi connectivity index (χ0v) is 10.6. The largest absolute Gasteiger partial charge is 0.277 e. The molecule has 0 N–H and O–H groups in total. The Bertz CT molecular complexity index is 358. The Morgan fingerprint density at radius 1 is 1.31 bits per heavy atom. The molecule has 0 spiro atoms. The highest BCUT2D eigenvalue weighted by atomic mass is 79.9. The molecule has 1 aromatic rings. The maximum absolute atomic E-state index is 12.0. The summed E-state index contributed by atoms with van der Waals surface area (Å²) in [5.41, 5.74) is 1.85. The highest BCUT2D eigenvalue weighted by molar-refractivity contribution is 9.08. The SMILES string of the molecule is O=C(c1ccc(CBr)cc1)N1CCCCO1. The third kappa shape index (κ3) is 2.62. The molecular formula is C12H14BrNO2. The van der Waals surface area contributed by atoms with E-state index in [-0.39, 0.29) is 5.91 Å². The molecule has 0 saturated carbocycles. The first kappa shape index (κ1) is 11.6. The van der Waals surface area contributed by atoms with Gasteiger partial charge in [0, 0.05) is 17.4 Å². The minimum atomic E-state index is -0.0409. The topological polar surface area (TPSA) is 29.5 Å². The Labute approximate surface area is 103 Å². The predicted octanol–water partition coefficient (Wildman–Crippen LogP) is 2.75. The second kappa shape index (κ2) is 5.46. The van der Waals surface area contributed by atoms with Crippen LogP contribution < -0.4 is 0 Å². The van der Waals surface area contributed by atoms with E-state index in [0.717, 1.165) is 23.7 Å². The number of carbonyl (C=O) groups excluding carboxylic acids is 1. The maximum Gasteiger partial charge on any atom is 0.277 e. The van der Waals surface area contributed by atoms with Crippen molar-refractivity contribution in [1.29, 1.82) is 0 Å². The third-order valence-electron chi connectivity index (χ3n) is 2.58. The predicted molar refractivity (Wildman–Crippen MR) is 65.3 cm³/mol. The number of amides is 1. The standard InChI is InChI=1S/C12H14BrNO2/c13-9-10-3-5-11(6-4-10)12(15)14-7-1-2-8-16-14/h3-6H,1-2,7-9H2. The van der Waals surface area contributed by atoms with Crippen LogP contribution in [0.4, 0.5) is 0 Å². The summed E-state index contributed by atoms with van der Waals surface area (Å²) in [6.07, 6.45) is 2.05. The Morgan fingerprint density at radius 2 is 2.06 bits per heavy atom. The number of carbonyl (C=O) groups is 1. The molecule has 0 bridgehead atoms. The molecule has 1 amide bonds. The minimum Gasteiger partial charge on any atom is -0.271 e. The van der Waals surface area contributed by atoms with Gasteiger partial charge < -0.3 is 0 Å². The fourth-order valence-corrected chi connectivity index (χ4v) is 2.01. The molecule has 86 valence electrons. The Kier molecular flexibility index (Phi) is 3.96. The number of nitrogens with zero attached hydrogens (tertiary/aromatic N) is 1. The molecular weight excluding hydrogens is 270 g/mol. The van der Waals surface area contributed by atoms with Crippen LogP contribution >= 0.6 is 15.9 Å². The van der Waals surface area contributed by atoms with Gasteiger partial charge in [0.2, 0.25) is 0 Å². The lowest BCUT2D eigenvalue weighted by Crippen LogP contribution is -2.35. The number of alkyl halides is 1. The molecule has 16 heavy (non-hydrogen) atoms. The minimum absolute atomic E-state index is 0.0409. The lowest BCUT2D eigenvalue weighted by molar-refractivity contribution is -0.144. The fourth-order valence-electron chi connectivity index (χ4n) is 1.64. The molecule has 0 unspecified atom stereocenters. The highest BCUT2D eigenvalue weighted by Crippen LogP contribution is 2.13. The first-order chi connectivity index (χ1) is 7.81. The average molecular weight is 284 g/mol. The smallest absolute Gasteiger partial charge is 0.271 e. The van der Waals surface area contributed by atoms with Gasteiger partial charge in [0.25, 0.3) is 5.91 Å². The average Bonchev–Trinajstić information content (AvgIpc) is 2.39. The van der Waals surface area contributed by atoms with Gasteiger partial charge in [0.15, 0.2) is 0 Å². The van der Waals surface area contributed by atoms with E-state index < -0.39 is 0 Å². The Balaban J connectivity index is 2.07. The van der Waals surface area contributed by atoms with Gasteiger partial charge in [-0.3, -0.25) is 9.63 Å². The summed E-state index contributed by atoms with van der Waals surface area (Å²) in [7, 11) is 0. The van der Waals surface area contributed by atoms with Crippen LogP contribution in [-0.2, 0) is 10.2 Å². The summed E-state index contributed by atoms with van der Waals surface area (Å²) in [4.78, 5) is 17.3. The van der Waals surface area contributed by atoms with Gasteiger partial charge in [-0.25, -0.2) is 5.06 Å². The van der Waals surface area contributed by atoms with Crippen molar-refractivity contribution in [2.75, 3.05) is 13.2 Å². The van der Waals surface area contributed by atoms with Gasteiger partial charge in [0.05, 0.1) is 6.61 Å². The first-order valence-electron chi connectivity index (χ1n) is 5.41. The van der Waals surface area contributed by atoms with Crippen LogP contribution in [0, 0.1) is 0 Å². The molecule has 1 aromatic carbocycles. The normalized spacial score (nSPS) is 16.2. The number of rotatable bonds is 2. The second-order valence-electron chi connectivity index (χ2n) is 3.78. The molecule has 2 rings (SSSR count). The van der Waals surface area contributed by atoms with Crippen molar-refractivity contribution in [3.05, 3.63) is 35.4 Å². The summed E-state index contributed by atoms with van der Waals surface area (Å²) < 4.78 is 0. The number of hydrogen-bond acceptors (Lipinski definition) is 2. The van der Waals surface area contributed by atoms with Crippen LogP contribution in [0.5, 0.6) is 0 Å². The monoisotopic (exact) mass is 283 g/mol. The van der Waals surface area contributed by atoms with Crippen LogP contribution in [0.15, 0.2) is 24.3 Å². The summed E-state index contributed by atoms with van der Waals surface area (Å²) >= 11 is 3.38. The van der Waals surface area contributed by atoms with Gasteiger partial charge in [-0.15, -0.1) is 0 Å². The highest BCUT2D eigenvalue weighted by Gasteiger charge is 2.18. The zero-order chi connectivity index (χ0) is 11.4. The Morgan fingerprint density at radius 3 is 2.62 bits per heavy atom. The number of halogens is 1. The maximum atomic E-state index is 12.0. The molecule has 1 aliphatic rings. The van der Waals surface area contributed by atoms with Crippen molar-refractivity contribution in [2.45, 2.75) is 18.2 Å². The quantitative estimate of drug-likeness (QED) is 0.781. The van der Waals surface area contributed by atoms with E-state index in [1.165, 1.54) is 5.06 Å². The van der Waals surface area contributed by atoms with Crippen LogP contribution in [-0.4, -0.2) is 24.1 Å². The Hall–Kier alpha value is -0.870. The number of hydrogen-bond donors (Lipinski definition) is 0. The van der Waals surface area contributed by atoms with E-state index in [2.05, 4.69) is 15.9 Å². The number of hydroxylamine groups is 2. The molecule has 1 heterocycles. The van der Waals surface area contributed by atoms with Gasteiger partial charge >= 0.3 is 0 Å². The van der Waals surface area contributed by atoms with Crippen LogP contribution in [0.1, 0.15) is 28.8 Å². The molecule has 3 nitrogen and oxygen atoms in total. The lowest BCUT2D eigenvalue weighted by Gasteiger charge is -2.25. The van der Waals surface area contributed by atoms with Gasteiger partial charge in [-0.05, 0) is 30.5 Å². The van der Waals surface area contributed by atoms with E-state index in [9.17, 15) is 4.79 Å². The molecule has 1 saturated heterocycles. The van der Waals surface area contributed by atoms with Crippen molar-refractivity contribution in [2.24, 2.45) is 0 Å². The molecule has 1 aliphatic heterocycles. The molecule has 1 fully saturated rings. The van der Waals surface area contributed by atoms with Crippen molar-refractivity contribution in [1.82, 2.24) is 5.06 Å². The van der Waals surface area contributed by atoms with E-state index in [0.29, 0.717) is 18.7 Å². The molecule has 0 radical (unpaired) electrons. The summed E-state index contributed by atoms with van der Waals surface area (Å²) in [5.74, 6) is -0.0409. The van der Waals surface area contributed by atoms with Gasteiger partial charge in [0.1, 0.15) is 0 Å². The fraction of sp³-hybridized carbons (Fsp3) is 0.417. The third-order valence-corrected chi connectivity index (χ3v) is 3.23. The lowest BCUT2D eigenvalue weighted by atomic mass is 10.1. The van der Waals surface area contributed by atoms with E-state index in [4.69, 9.17) is 4.84 Å². The summed E-state index contributed by atoms with van der Waals surface area (Å²) in [6.45, 7) is 1.34. The zero-order valence-electron chi connectivity index (χ0n) is 8.99. The first-order valence-corrected chi connectivity index (χ1v) is 6.53. The molecule has 4 heteroatoms. The van der Waals surface area contributed by atoms with Gasteiger partial charge in [-0.2, -0.15) is 0 Å². The molecule has 0 aromatic heterocycles. The summed E-state index contributed by atoms with van der Waals surface area (Å²) in [6, 6.07) is 7.59. The van der Waals surface area contributed by atoms with Crippen LogP contribution in [0.25, 0.3) is 0 Å². The van der Waals surface area contributed by atoms with E-state index in [1.807, 2.05) is 24.3 Å². The van der Waals surface area contributed by atoms with Crippen molar-refractivity contribution >= 4 is 21.8 Å². The van der Waals surface area contributed by atoms with E-state index in [1.54, 1.807) is 0 Å². The van der Waals surface area contributed by atoms with Crippen molar-refractivity contribution in [3.63, 3.8) is 0 Å².